The third-order valence-electron chi connectivity index (χ3n) is 4.64. The minimum atomic E-state index is -0.418. The van der Waals surface area contributed by atoms with Gasteiger partial charge >= 0.3 is 0 Å². The molecule has 0 radical (unpaired) electrons. The van der Waals surface area contributed by atoms with Gasteiger partial charge in [0.2, 0.25) is 0 Å². The zero-order valence-electron chi connectivity index (χ0n) is 14.9. The zero-order valence-corrected chi connectivity index (χ0v) is 14.9. The lowest BCUT2D eigenvalue weighted by molar-refractivity contribution is 0.300. The van der Waals surface area contributed by atoms with E-state index in [9.17, 15) is 4.39 Å². The molecule has 140 valence electrons. The van der Waals surface area contributed by atoms with E-state index in [1.165, 1.54) is 12.3 Å². The predicted molar refractivity (Wildman–Crippen MR) is 101 cm³/mol. The van der Waals surface area contributed by atoms with Crippen molar-refractivity contribution in [2.75, 3.05) is 37.7 Å². The number of fused-ring (bicyclic) bond motifs is 1. The molecule has 2 aromatic rings. The number of ether oxygens (including phenoxy) is 1. The third-order valence-corrected chi connectivity index (χ3v) is 4.64. The van der Waals surface area contributed by atoms with Gasteiger partial charge in [0, 0.05) is 44.9 Å². The lowest BCUT2D eigenvalue weighted by atomic mass is 10.1. The van der Waals surface area contributed by atoms with Crippen LogP contribution in [-0.4, -0.2) is 53.4 Å². The van der Waals surface area contributed by atoms with E-state index >= 15 is 0 Å². The summed E-state index contributed by atoms with van der Waals surface area (Å²) in [5.41, 5.74) is 4.34. The van der Waals surface area contributed by atoms with Gasteiger partial charge in [0.15, 0.2) is 0 Å². The van der Waals surface area contributed by atoms with Crippen LogP contribution in [0.2, 0.25) is 0 Å². The Morgan fingerprint density at radius 3 is 2.85 bits per heavy atom. The van der Waals surface area contributed by atoms with Crippen LogP contribution in [0.15, 0.2) is 54.2 Å². The van der Waals surface area contributed by atoms with Crippen LogP contribution < -0.4 is 15.1 Å². The summed E-state index contributed by atoms with van der Waals surface area (Å²) in [7, 11) is 0. The second kappa shape index (κ2) is 7.61. The Labute approximate surface area is 157 Å². The minimum absolute atomic E-state index is 0.418. The van der Waals surface area contributed by atoms with Crippen LogP contribution in [0.3, 0.4) is 0 Å². The first-order valence-electron chi connectivity index (χ1n) is 8.92. The van der Waals surface area contributed by atoms with E-state index in [4.69, 9.17) is 4.74 Å². The van der Waals surface area contributed by atoms with E-state index < -0.39 is 5.82 Å². The van der Waals surface area contributed by atoms with Gasteiger partial charge in [0.05, 0.1) is 18.5 Å². The van der Waals surface area contributed by atoms with Crippen LogP contribution in [0.1, 0.15) is 12.1 Å². The predicted octanol–water partition coefficient (Wildman–Crippen LogP) is 1.99. The number of nitrogens with one attached hydrogen (secondary N) is 1. The SMILES string of the molecule is C=C(N/N=C1/CCOc2cc(F)cnc21)N1CCN(c2ccccn2)CC1. The molecule has 0 atom stereocenters. The zero-order chi connectivity index (χ0) is 18.6. The number of rotatable bonds is 4. The van der Waals surface area contributed by atoms with E-state index in [-0.39, 0.29) is 0 Å². The number of nitrogens with zero attached hydrogens (tertiary/aromatic N) is 5. The molecule has 4 heterocycles. The molecule has 0 aliphatic carbocycles. The molecular formula is C19H21FN6O. The number of hydrogen-bond donors (Lipinski definition) is 1. The molecule has 1 N–H and O–H groups in total. The van der Waals surface area contributed by atoms with Crippen LogP contribution >= 0.6 is 0 Å². The standard InChI is InChI=1S/C19H21FN6O/c1-14(25-7-9-26(10-8-25)18-4-2-3-6-21-18)23-24-16-5-11-27-17-12-15(20)13-22-19(16)17/h2-4,6,12-13,23H,1,5,7-11H2/b24-16-. The van der Waals surface area contributed by atoms with Crippen molar-refractivity contribution in [3.05, 3.63) is 60.6 Å². The monoisotopic (exact) mass is 368 g/mol. The highest BCUT2D eigenvalue weighted by molar-refractivity contribution is 6.01. The van der Waals surface area contributed by atoms with Crippen molar-refractivity contribution >= 4 is 11.5 Å². The number of hydrazone groups is 1. The summed E-state index contributed by atoms with van der Waals surface area (Å²) in [4.78, 5) is 12.9. The molecule has 7 nitrogen and oxygen atoms in total. The lowest BCUT2D eigenvalue weighted by Crippen LogP contribution is -2.47. The first-order chi connectivity index (χ1) is 13.2. The molecule has 0 saturated carbocycles. The Bertz CT molecular complexity index is 849. The van der Waals surface area contributed by atoms with Gasteiger partial charge in [-0.15, -0.1) is 0 Å². The van der Waals surface area contributed by atoms with Gasteiger partial charge in [0.25, 0.3) is 0 Å². The fourth-order valence-electron chi connectivity index (χ4n) is 3.18. The number of aromatic nitrogens is 2. The molecule has 0 unspecified atom stereocenters. The van der Waals surface area contributed by atoms with E-state index in [1.807, 2.05) is 24.4 Å². The Balaban J connectivity index is 1.36. The van der Waals surface area contributed by atoms with Crippen molar-refractivity contribution in [3.63, 3.8) is 0 Å². The number of hydrogen-bond acceptors (Lipinski definition) is 7. The maximum absolute atomic E-state index is 13.3. The molecule has 1 saturated heterocycles. The van der Waals surface area contributed by atoms with Gasteiger partial charge in [-0.2, -0.15) is 5.10 Å². The molecule has 0 amide bonds. The second-order valence-electron chi connectivity index (χ2n) is 6.38. The summed E-state index contributed by atoms with van der Waals surface area (Å²) in [6, 6.07) is 7.27. The maximum Gasteiger partial charge on any atom is 0.149 e. The smallest absolute Gasteiger partial charge is 0.149 e. The average Bonchev–Trinajstić information content (AvgIpc) is 2.72. The number of pyridine rings is 2. The Morgan fingerprint density at radius 2 is 2.07 bits per heavy atom. The molecule has 0 spiro atoms. The normalized spacial score (nSPS) is 18.0. The van der Waals surface area contributed by atoms with Gasteiger partial charge in [-0.1, -0.05) is 12.6 Å². The molecular weight excluding hydrogens is 347 g/mol. The summed E-state index contributed by atoms with van der Waals surface area (Å²) >= 11 is 0. The van der Waals surface area contributed by atoms with Gasteiger partial charge in [0.1, 0.15) is 28.9 Å². The van der Waals surface area contributed by atoms with Gasteiger partial charge in [-0.05, 0) is 12.1 Å². The molecule has 8 heteroatoms. The molecule has 0 bridgehead atoms. The Kier molecular flexibility index (Phi) is 4.86. The molecule has 0 aromatic carbocycles. The van der Waals surface area contributed by atoms with Crippen molar-refractivity contribution in [2.45, 2.75) is 6.42 Å². The van der Waals surface area contributed by atoms with Crippen LogP contribution in [0.4, 0.5) is 10.2 Å². The third kappa shape index (κ3) is 3.84. The number of piperazine rings is 1. The molecule has 2 aliphatic rings. The van der Waals surface area contributed by atoms with Crippen LogP contribution in [0.25, 0.3) is 0 Å². The van der Waals surface area contributed by atoms with Gasteiger partial charge in [-0.3, -0.25) is 5.43 Å². The summed E-state index contributed by atoms with van der Waals surface area (Å²) in [6.07, 6.45) is 3.60. The van der Waals surface area contributed by atoms with Crippen molar-refractivity contribution in [2.24, 2.45) is 5.10 Å². The number of anilines is 1. The highest BCUT2D eigenvalue weighted by Crippen LogP contribution is 2.23. The fourth-order valence-corrected chi connectivity index (χ4v) is 3.18. The van der Waals surface area contributed by atoms with Crippen LogP contribution in [0.5, 0.6) is 5.75 Å². The van der Waals surface area contributed by atoms with E-state index in [1.54, 1.807) is 0 Å². The van der Waals surface area contributed by atoms with E-state index in [2.05, 4.69) is 36.9 Å². The van der Waals surface area contributed by atoms with Gasteiger partial charge in [-0.25, -0.2) is 14.4 Å². The maximum atomic E-state index is 13.3. The summed E-state index contributed by atoms with van der Waals surface area (Å²) < 4.78 is 18.8. The minimum Gasteiger partial charge on any atom is -0.491 e. The van der Waals surface area contributed by atoms with Crippen LogP contribution in [-0.2, 0) is 0 Å². The van der Waals surface area contributed by atoms with Crippen molar-refractivity contribution < 1.29 is 9.13 Å². The van der Waals surface area contributed by atoms with Gasteiger partial charge < -0.3 is 14.5 Å². The first kappa shape index (κ1) is 17.3. The molecule has 2 aromatic heterocycles. The first-order valence-corrected chi connectivity index (χ1v) is 8.92. The second-order valence-corrected chi connectivity index (χ2v) is 6.38. The average molecular weight is 368 g/mol. The highest BCUT2D eigenvalue weighted by Gasteiger charge is 2.21. The molecule has 27 heavy (non-hydrogen) atoms. The molecule has 1 fully saturated rings. The van der Waals surface area contributed by atoms with Crippen molar-refractivity contribution in [1.29, 1.82) is 0 Å². The highest BCUT2D eigenvalue weighted by atomic mass is 19.1. The summed E-state index contributed by atoms with van der Waals surface area (Å²) in [5, 5.41) is 4.44. The van der Waals surface area contributed by atoms with Crippen LogP contribution in [0, 0.1) is 5.82 Å². The summed E-state index contributed by atoms with van der Waals surface area (Å²) in [6.45, 7) is 7.94. The Hall–Kier alpha value is -3.16. The quantitative estimate of drug-likeness (QED) is 0.833. The van der Waals surface area contributed by atoms with E-state index in [0.29, 0.717) is 24.5 Å². The van der Waals surface area contributed by atoms with Crippen molar-refractivity contribution in [3.8, 4) is 5.75 Å². The summed E-state index contributed by atoms with van der Waals surface area (Å²) in [5.74, 6) is 1.74. The molecule has 4 rings (SSSR count). The number of halogens is 1. The topological polar surface area (TPSA) is 65.9 Å². The lowest BCUT2D eigenvalue weighted by Gasteiger charge is -2.37. The Morgan fingerprint density at radius 1 is 1.22 bits per heavy atom. The molecule has 2 aliphatic heterocycles. The fraction of sp³-hybridized carbons (Fsp3) is 0.316. The largest absolute Gasteiger partial charge is 0.491 e. The van der Waals surface area contributed by atoms with Crippen molar-refractivity contribution in [1.82, 2.24) is 20.3 Å². The van der Waals surface area contributed by atoms with E-state index in [0.717, 1.165) is 43.5 Å².